The Kier molecular flexibility index (Phi) is 3.05. The first-order chi connectivity index (χ1) is 8.33. The smallest absolute Gasteiger partial charge is 0.203 e. The van der Waals surface area contributed by atoms with Gasteiger partial charge in [0.1, 0.15) is 0 Å². The van der Waals surface area contributed by atoms with Gasteiger partial charge in [0, 0.05) is 25.4 Å². The van der Waals surface area contributed by atoms with Crippen LogP contribution in [0.3, 0.4) is 0 Å². The predicted molar refractivity (Wildman–Crippen MR) is 67.3 cm³/mol. The molecule has 17 heavy (non-hydrogen) atoms. The molecular formula is C13H21N3O. The molecule has 2 aliphatic rings. The van der Waals surface area contributed by atoms with Gasteiger partial charge in [-0.25, -0.2) is 4.98 Å². The first-order valence-corrected chi connectivity index (χ1v) is 6.70. The Morgan fingerprint density at radius 1 is 1.47 bits per heavy atom. The molecule has 3 rings (SSSR count). The lowest BCUT2D eigenvalue weighted by molar-refractivity contribution is 0.0594. The Balaban J connectivity index is 1.59. The summed E-state index contributed by atoms with van der Waals surface area (Å²) in [5.74, 6) is 1.70. The summed E-state index contributed by atoms with van der Waals surface area (Å²) in [6, 6.07) is 0.696. The average Bonchev–Trinajstić information content (AvgIpc) is 3.12. The Labute approximate surface area is 102 Å². The van der Waals surface area contributed by atoms with Crippen LogP contribution in [0.1, 0.15) is 37.4 Å². The van der Waals surface area contributed by atoms with Gasteiger partial charge in [0.15, 0.2) is 0 Å². The fraction of sp³-hybridized carbons (Fsp3) is 0.769. The standard InChI is InChI=1S/C13H21N3O/c1-10-8-16(12-4-5-12)13(15-10)14-7-11-3-2-6-17-9-11/h8,11-12H,2-7,9H2,1H3,(H,14,15). The van der Waals surface area contributed by atoms with Crippen LogP contribution in [0.15, 0.2) is 6.20 Å². The molecule has 2 fully saturated rings. The Morgan fingerprint density at radius 3 is 3.06 bits per heavy atom. The molecule has 1 saturated heterocycles. The topological polar surface area (TPSA) is 39.1 Å². The van der Waals surface area contributed by atoms with E-state index in [9.17, 15) is 0 Å². The van der Waals surface area contributed by atoms with Crippen molar-refractivity contribution in [2.75, 3.05) is 25.1 Å². The molecule has 4 heteroatoms. The zero-order valence-electron chi connectivity index (χ0n) is 10.5. The van der Waals surface area contributed by atoms with Crippen LogP contribution in [0.25, 0.3) is 0 Å². The summed E-state index contributed by atoms with van der Waals surface area (Å²) in [5, 5.41) is 3.50. The quantitative estimate of drug-likeness (QED) is 0.870. The van der Waals surface area contributed by atoms with E-state index in [4.69, 9.17) is 4.74 Å². The molecule has 0 bridgehead atoms. The number of aryl methyl sites for hydroxylation is 1. The minimum absolute atomic E-state index is 0.647. The molecular weight excluding hydrogens is 214 g/mol. The first kappa shape index (κ1) is 11.1. The number of ether oxygens (including phenoxy) is 1. The van der Waals surface area contributed by atoms with Gasteiger partial charge < -0.3 is 14.6 Å². The second-order valence-electron chi connectivity index (χ2n) is 5.31. The van der Waals surface area contributed by atoms with Crippen LogP contribution < -0.4 is 5.32 Å². The van der Waals surface area contributed by atoms with E-state index < -0.39 is 0 Å². The molecule has 1 atom stereocenters. The highest BCUT2D eigenvalue weighted by Crippen LogP contribution is 2.37. The third kappa shape index (κ3) is 2.63. The number of nitrogens with one attached hydrogen (secondary N) is 1. The maximum Gasteiger partial charge on any atom is 0.203 e. The SMILES string of the molecule is Cc1cn(C2CC2)c(NCC2CCCOC2)n1. The van der Waals surface area contributed by atoms with Gasteiger partial charge in [0.05, 0.1) is 12.3 Å². The van der Waals surface area contributed by atoms with Crippen molar-refractivity contribution in [2.45, 2.75) is 38.6 Å². The van der Waals surface area contributed by atoms with Gasteiger partial charge >= 0.3 is 0 Å². The largest absolute Gasteiger partial charge is 0.381 e. The molecule has 1 aromatic rings. The molecule has 4 nitrogen and oxygen atoms in total. The fourth-order valence-electron chi connectivity index (χ4n) is 2.48. The van der Waals surface area contributed by atoms with E-state index in [0.717, 1.165) is 31.4 Å². The van der Waals surface area contributed by atoms with Crippen LogP contribution >= 0.6 is 0 Å². The Hall–Kier alpha value is -1.03. The molecule has 1 aromatic heterocycles. The molecule has 1 saturated carbocycles. The van der Waals surface area contributed by atoms with Crippen molar-refractivity contribution in [3.63, 3.8) is 0 Å². The minimum atomic E-state index is 0.647. The minimum Gasteiger partial charge on any atom is -0.381 e. The maximum atomic E-state index is 5.50. The van der Waals surface area contributed by atoms with Gasteiger partial charge in [-0.3, -0.25) is 0 Å². The van der Waals surface area contributed by atoms with E-state index >= 15 is 0 Å². The van der Waals surface area contributed by atoms with Crippen molar-refractivity contribution >= 4 is 5.95 Å². The number of hydrogen-bond acceptors (Lipinski definition) is 3. The summed E-state index contributed by atoms with van der Waals surface area (Å²) in [4.78, 5) is 4.57. The summed E-state index contributed by atoms with van der Waals surface area (Å²) in [6.45, 7) is 4.89. The van der Waals surface area contributed by atoms with E-state index in [-0.39, 0.29) is 0 Å². The van der Waals surface area contributed by atoms with Crippen molar-refractivity contribution < 1.29 is 4.74 Å². The van der Waals surface area contributed by atoms with E-state index in [1.54, 1.807) is 0 Å². The third-order valence-electron chi connectivity index (χ3n) is 3.60. The van der Waals surface area contributed by atoms with Gasteiger partial charge in [0.2, 0.25) is 5.95 Å². The van der Waals surface area contributed by atoms with Crippen LogP contribution in [-0.4, -0.2) is 29.3 Å². The normalized spacial score (nSPS) is 24.9. The monoisotopic (exact) mass is 235 g/mol. The number of anilines is 1. The van der Waals surface area contributed by atoms with Crippen molar-refractivity contribution in [3.05, 3.63) is 11.9 Å². The highest BCUT2D eigenvalue weighted by molar-refractivity contribution is 5.30. The summed E-state index contributed by atoms with van der Waals surface area (Å²) in [7, 11) is 0. The van der Waals surface area contributed by atoms with Crippen molar-refractivity contribution in [3.8, 4) is 0 Å². The molecule has 94 valence electrons. The van der Waals surface area contributed by atoms with Crippen molar-refractivity contribution in [2.24, 2.45) is 5.92 Å². The molecule has 2 heterocycles. The molecule has 1 N–H and O–H groups in total. The first-order valence-electron chi connectivity index (χ1n) is 6.70. The van der Waals surface area contributed by atoms with Crippen molar-refractivity contribution in [1.29, 1.82) is 0 Å². The Bertz CT molecular complexity index is 378. The number of aromatic nitrogens is 2. The molecule has 0 amide bonds. The predicted octanol–water partition coefficient (Wildman–Crippen LogP) is 2.36. The lowest BCUT2D eigenvalue weighted by Crippen LogP contribution is -2.25. The highest BCUT2D eigenvalue weighted by Gasteiger charge is 2.26. The number of nitrogens with zero attached hydrogens (tertiary/aromatic N) is 2. The zero-order valence-corrected chi connectivity index (χ0v) is 10.5. The second kappa shape index (κ2) is 4.69. The fourth-order valence-corrected chi connectivity index (χ4v) is 2.48. The number of rotatable bonds is 4. The van der Waals surface area contributed by atoms with Gasteiger partial charge in [-0.15, -0.1) is 0 Å². The number of imidazole rings is 1. The third-order valence-corrected chi connectivity index (χ3v) is 3.60. The van der Waals surface area contributed by atoms with Gasteiger partial charge in [-0.1, -0.05) is 0 Å². The lowest BCUT2D eigenvalue weighted by Gasteiger charge is -2.22. The molecule has 1 unspecified atom stereocenters. The Morgan fingerprint density at radius 2 is 2.35 bits per heavy atom. The van der Waals surface area contributed by atoms with Crippen LogP contribution in [0.5, 0.6) is 0 Å². The van der Waals surface area contributed by atoms with E-state index in [2.05, 4.69) is 28.0 Å². The van der Waals surface area contributed by atoms with E-state index in [1.165, 1.54) is 25.7 Å². The van der Waals surface area contributed by atoms with Gasteiger partial charge in [-0.2, -0.15) is 0 Å². The van der Waals surface area contributed by atoms with Crippen LogP contribution in [0, 0.1) is 12.8 Å². The lowest BCUT2D eigenvalue weighted by atomic mass is 10.0. The molecule has 0 radical (unpaired) electrons. The molecule has 1 aliphatic heterocycles. The highest BCUT2D eigenvalue weighted by atomic mass is 16.5. The van der Waals surface area contributed by atoms with Crippen molar-refractivity contribution in [1.82, 2.24) is 9.55 Å². The van der Waals surface area contributed by atoms with Gasteiger partial charge in [0.25, 0.3) is 0 Å². The summed E-state index contributed by atoms with van der Waals surface area (Å²) >= 11 is 0. The van der Waals surface area contributed by atoms with Crippen LogP contribution in [0.2, 0.25) is 0 Å². The maximum absolute atomic E-state index is 5.50. The van der Waals surface area contributed by atoms with Gasteiger partial charge in [-0.05, 0) is 38.5 Å². The molecule has 1 aliphatic carbocycles. The van der Waals surface area contributed by atoms with Crippen LogP contribution in [-0.2, 0) is 4.74 Å². The second-order valence-corrected chi connectivity index (χ2v) is 5.31. The molecule has 0 spiro atoms. The summed E-state index contributed by atoms with van der Waals surface area (Å²) in [6.07, 6.45) is 7.24. The number of hydrogen-bond donors (Lipinski definition) is 1. The zero-order chi connectivity index (χ0) is 11.7. The van der Waals surface area contributed by atoms with E-state index in [0.29, 0.717) is 12.0 Å². The van der Waals surface area contributed by atoms with E-state index in [1.807, 2.05) is 0 Å². The van der Waals surface area contributed by atoms with Crippen LogP contribution in [0.4, 0.5) is 5.95 Å². The summed E-state index contributed by atoms with van der Waals surface area (Å²) < 4.78 is 7.80. The summed E-state index contributed by atoms with van der Waals surface area (Å²) in [5.41, 5.74) is 1.11. The average molecular weight is 235 g/mol. The molecule has 0 aromatic carbocycles.